The van der Waals surface area contributed by atoms with Gasteiger partial charge in [-0.1, -0.05) is 5.16 Å². The van der Waals surface area contributed by atoms with E-state index in [1.807, 2.05) is 25.7 Å². The average Bonchev–Trinajstić information content (AvgIpc) is 3.03. The smallest absolute Gasteiger partial charge is 0.317 e. The van der Waals surface area contributed by atoms with Crippen molar-refractivity contribution in [3.05, 3.63) is 24.5 Å². The molecule has 0 bridgehead atoms. The fourth-order valence-electron chi connectivity index (χ4n) is 2.92. The Bertz CT molecular complexity index is 709. The number of aromatic nitrogens is 4. The largest absolute Gasteiger partial charge is 0.339 e. The number of rotatable bonds is 3. The van der Waals surface area contributed by atoms with E-state index >= 15 is 0 Å². The lowest BCUT2D eigenvalue weighted by Gasteiger charge is -2.34. The molecule has 134 valence electrons. The maximum absolute atomic E-state index is 12.3. The van der Waals surface area contributed by atoms with Crippen LogP contribution in [0.5, 0.6) is 0 Å². The summed E-state index contributed by atoms with van der Waals surface area (Å²) in [7, 11) is 0. The van der Waals surface area contributed by atoms with Gasteiger partial charge in [0.2, 0.25) is 11.7 Å². The Balaban J connectivity index is 1.60. The summed E-state index contributed by atoms with van der Waals surface area (Å²) < 4.78 is 5.35. The van der Waals surface area contributed by atoms with E-state index in [0.717, 1.165) is 19.4 Å². The average molecular weight is 344 g/mol. The van der Waals surface area contributed by atoms with Crippen LogP contribution in [0, 0.1) is 5.92 Å². The molecule has 2 aromatic heterocycles. The molecule has 8 nitrogen and oxygen atoms in total. The summed E-state index contributed by atoms with van der Waals surface area (Å²) in [6, 6.07) is -0.0111. The minimum atomic E-state index is -0.234. The van der Waals surface area contributed by atoms with E-state index in [4.69, 9.17) is 4.52 Å². The monoisotopic (exact) mass is 344 g/mol. The van der Waals surface area contributed by atoms with Crippen molar-refractivity contribution in [2.75, 3.05) is 13.1 Å². The Labute approximate surface area is 147 Å². The van der Waals surface area contributed by atoms with Gasteiger partial charge in [0.05, 0.1) is 6.20 Å². The summed E-state index contributed by atoms with van der Waals surface area (Å²) in [6.07, 6.45) is 7.48. The van der Waals surface area contributed by atoms with E-state index in [9.17, 15) is 4.79 Å². The number of urea groups is 1. The molecule has 1 saturated heterocycles. The first-order chi connectivity index (χ1) is 11.9. The van der Waals surface area contributed by atoms with Crippen LogP contribution < -0.4 is 5.32 Å². The number of nitrogens with zero attached hydrogens (tertiary/aromatic N) is 5. The van der Waals surface area contributed by atoms with Gasteiger partial charge in [-0.05, 0) is 39.5 Å². The molecule has 1 aliphatic heterocycles. The summed E-state index contributed by atoms with van der Waals surface area (Å²) in [6.45, 7) is 7.44. The highest BCUT2D eigenvalue weighted by Gasteiger charge is 2.27. The molecular weight excluding hydrogens is 320 g/mol. The second-order valence-electron chi connectivity index (χ2n) is 7.44. The fourth-order valence-corrected chi connectivity index (χ4v) is 2.92. The molecule has 2 aromatic rings. The minimum absolute atomic E-state index is 0.0111. The van der Waals surface area contributed by atoms with Crippen LogP contribution in [0.4, 0.5) is 4.79 Å². The van der Waals surface area contributed by atoms with Crippen LogP contribution in [0.15, 0.2) is 23.1 Å². The zero-order valence-electron chi connectivity index (χ0n) is 14.9. The molecule has 0 spiro atoms. The van der Waals surface area contributed by atoms with Crippen molar-refractivity contribution in [2.45, 2.75) is 45.6 Å². The van der Waals surface area contributed by atoms with Crippen LogP contribution in [-0.2, 0) is 6.42 Å². The van der Waals surface area contributed by atoms with Crippen molar-refractivity contribution in [3.63, 3.8) is 0 Å². The maximum atomic E-state index is 12.3. The van der Waals surface area contributed by atoms with Crippen molar-refractivity contribution < 1.29 is 9.32 Å². The van der Waals surface area contributed by atoms with Gasteiger partial charge in [-0.25, -0.2) is 9.78 Å². The molecule has 3 rings (SSSR count). The third kappa shape index (κ3) is 4.74. The van der Waals surface area contributed by atoms with Crippen molar-refractivity contribution in [3.8, 4) is 11.5 Å². The molecule has 0 aliphatic carbocycles. The summed E-state index contributed by atoms with van der Waals surface area (Å²) in [5, 5.41) is 6.99. The summed E-state index contributed by atoms with van der Waals surface area (Å²) in [5.41, 5.74) is 0.356. The van der Waals surface area contributed by atoms with Gasteiger partial charge in [-0.2, -0.15) is 4.98 Å². The first-order valence-electron chi connectivity index (χ1n) is 8.57. The van der Waals surface area contributed by atoms with Gasteiger partial charge < -0.3 is 14.7 Å². The molecule has 0 unspecified atom stereocenters. The Morgan fingerprint density at radius 3 is 2.96 bits per heavy atom. The highest BCUT2D eigenvalue weighted by Crippen LogP contribution is 2.22. The van der Waals surface area contributed by atoms with Gasteiger partial charge in [0, 0.05) is 37.4 Å². The van der Waals surface area contributed by atoms with E-state index in [0.29, 0.717) is 36.3 Å². The predicted octanol–water partition coefficient (Wildman–Crippen LogP) is 2.29. The number of carbonyl (C=O) groups excluding carboxylic acids is 1. The summed E-state index contributed by atoms with van der Waals surface area (Å²) >= 11 is 0. The lowest BCUT2D eigenvalue weighted by atomic mass is 9.95. The Morgan fingerprint density at radius 1 is 1.40 bits per heavy atom. The van der Waals surface area contributed by atoms with E-state index in [2.05, 4.69) is 25.4 Å². The topological polar surface area (TPSA) is 97.0 Å². The molecule has 0 radical (unpaired) electrons. The normalized spacial score (nSPS) is 18.2. The standard InChI is InChI=1S/C17H24N6O2/c1-17(2,3)21-16(24)23-8-4-5-12(11-23)9-14-20-15(22-25-14)13-10-18-6-7-19-13/h6-7,10,12H,4-5,8-9,11H2,1-3H3,(H,21,24)/t12-/m0/s1. The third-order valence-corrected chi connectivity index (χ3v) is 4.01. The zero-order chi connectivity index (χ0) is 17.9. The van der Waals surface area contributed by atoms with Gasteiger partial charge >= 0.3 is 6.03 Å². The van der Waals surface area contributed by atoms with Crippen LogP contribution in [0.3, 0.4) is 0 Å². The lowest BCUT2D eigenvalue weighted by Crippen LogP contribution is -2.51. The number of nitrogens with one attached hydrogen (secondary N) is 1. The van der Waals surface area contributed by atoms with E-state index in [1.54, 1.807) is 18.6 Å². The number of amides is 2. The number of carbonyl (C=O) groups is 1. The van der Waals surface area contributed by atoms with Gasteiger partial charge in [-0.3, -0.25) is 4.98 Å². The van der Waals surface area contributed by atoms with Crippen molar-refractivity contribution >= 4 is 6.03 Å². The van der Waals surface area contributed by atoms with Crippen LogP contribution in [-0.4, -0.2) is 49.7 Å². The lowest BCUT2D eigenvalue weighted by molar-refractivity contribution is 0.155. The molecule has 1 atom stereocenters. The number of piperidine rings is 1. The van der Waals surface area contributed by atoms with Gasteiger partial charge in [0.15, 0.2) is 0 Å². The molecule has 8 heteroatoms. The second kappa shape index (κ2) is 7.16. The van der Waals surface area contributed by atoms with Crippen molar-refractivity contribution in [1.29, 1.82) is 0 Å². The Morgan fingerprint density at radius 2 is 2.24 bits per heavy atom. The number of likely N-dealkylation sites (tertiary alicyclic amines) is 1. The van der Waals surface area contributed by atoms with Gasteiger partial charge in [-0.15, -0.1) is 0 Å². The Hall–Kier alpha value is -2.51. The minimum Gasteiger partial charge on any atom is -0.339 e. The van der Waals surface area contributed by atoms with Crippen LogP contribution in [0.1, 0.15) is 39.5 Å². The number of hydrogen-bond acceptors (Lipinski definition) is 6. The predicted molar refractivity (Wildman–Crippen MR) is 91.6 cm³/mol. The van der Waals surface area contributed by atoms with Crippen LogP contribution >= 0.6 is 0 Å². The van der Waals surface area contributed by atoms with E-state index < -0.39 is 0 Å². The van der Waals surface area contributed by atoms with E-state index in [1.165, 1.54) is 0 Å². The molecule has 0 saturated carbocycles. The highest BCUT2D eigenvalue weighted by molar-refractivity contribution is 5.75. The molecule has 2 amide bonds. The van der Waals surface area contributed by atoms with E-state index in [-0.39, 0.29) is 11.6 Å². The van der Waals surface area contributed by atoms with Crippen molar-refractivity contribution in [1.82, 2.24) is 30.3 Å². The molecule has 25 heavy (non-hydrogen) atoms. The van der Waals surface area contributed by atoms with Crippen LogP contribution in [0.25, 0.3) is 11.5 Å². The first kappa shape index (κ1) is 17.3. The SMILES string of the molecule is CC(C)(C)NC(=O)N1CCC[C@@H](Cc2nc(-c3cnccn3)no2)C1. The molecular formula is C17H24N6O2. The Kier molecular flexibility index (Phi) is 4.96. The molecule has 1 aliphatic rings. The zero-order valence-corrected chi connectivity index (χ0v) is 14.9. The van der Waals surface area contributed by atoms with Gasteiger partial charge in [0.1, 0.15) is 5.69 Å². The first-order valence-corrected chi connectivity index (χ1v) is 8.57. The fraction of sp³-hybridized carbons (Fsp3) is 0.588. The molecule has 1 fully saturated rings. The van der Waals surface area contributed by atoms with Gasteiger partial charge in [0.25, 0.3) is 0 Å². The summed E-state index contributed by atoms with van der Waals surface area (Å²) in [4.78, 5) is 26.8. The molecule has 3 heterocycles. The molecule has 0 aromatic carbocycles. The van der Waals surface area contributed by atoms with Crippen LogP contribution in [0.2, 0.25) is 0 Å². The highest BCUT2D eigenvalue weighted by atomic mass is 16.5. The maximum Gasteiger partial charge on any atom is 0.317 e. The second-order valence-corrected chi connectivity index (χ2v) is 7.44. The summed E-state index contributed by atoms with van der Waals surface area (Å²) in [5.74, 6) is 1.33. The number of hydrogen-bond donors (Lipinski definition) is 1. The molecule has 1 N–H and O–H groups in total. The van der Waals surface area contributed by atoms with Crippen molar-refractivity contribution in [2.24, 2.45) is 5.92 Å². The third-order valence-electron chi connectivity index (χ3n) is 4.01. The quantitative estimate of drug-likeness (QED) is 0.917.